The average molecular weight is 418 g/mol. The summed E-state index contributed by atoms with van der Waals surface area (Å²) in [6.07, 6.45) is 0.856. The van der Waals surface area contributed by atoms with Gasteiger partial charge in [-0.3, -0.25) is 4.79 Å². The van der Waals surface area contributed by atoms with Crippen LogP contribution in [0.25, 0.3) is 0 Å². The summed E-state index contributed by atoms with van der Waals surface area (Å²) >= 11 is 15.9. The topological polar surface area (TPSA) is 35.5 Å². The third kappa shape index (κ3) is 5.13. The maximum Gasteiger partial charge on any atom is 0.305 e. The molecule has 0 N–H and O–H groups in total. The summed E-state index contributed by atoms with van der Waals surface area (Å²) in [6, 6.07) is 11.2. The van der Waals surface area contributed by atoms with Gasteiger partial charge in [0.25, 0.3) is 0 Å². The van der Waals surface area contributed by atoms with Crippen molar-refractivity contribution in [1.29, 1.82) is 0 Å². The highest BCUT2D eigenvalue weighted by Crippen LogP contribution is 2.35. The lowest BCUT2D eigenvalue weighted by Crippen LogP contribution is -2.02. The third-order valence-corrected chi connectivity index (χ3v) is 4.47. The number of methoxy groups -OCH3 is 1. The fourth-order valence-electron chi connectivity index (χ4n) is 2.01. The van der Waals surface area contributed by atoms with Gasteiger partial charge in [0, 0.05) is 17.0 Å². The second-order valence-electron chi connectivity index (χ2n) is 4.84. The molecule has 2 rings (SSSR count). The van der Waals surface area contributed by atoms with E-state index >= 15 is 0 Å². The van der Waals surface area contributed by atoms with E-state index < -0.39 is 0 Å². The van der Waals surface area contributed by atoms with Crippen LogP contribution < -0.4 is 4.74 Å². The summed E-state index contributed by atoms with van der Waals surface area (Å²) in [5.41, 5.74) is 1.81. The number of carbonyl (C=O) groups excluding carboxylic acids is 1. The summed E-state index contributed by atoms with van der Waals surface area (Å²) in [5, 5.41) is 1.13. The molecule has 0 unspecified atom stereocenters. The van der Waals surface area contributed by atoms with Crippen molar-refractivity contribution in [3.05, 3.63) is 62.0 Å². The summed E-state index contributed by atoms with van der Waals surface area (Å²) in [4.78, 5) is 11.2. The average Bonchev–Trinajstić information content (AvgIpc) is 2.53. The minimum absolute atomic E-state index is 0.253. The number of rotatable bonds is 6. The van der Waals surface area contributed by atoms with Crippen LogP contribution in [0.15, 0.2) is 40.9 Å². The molecule has 23 heavy (non-hydrogen) atoms. The fourth-order valence-corrected chi connectivity index (χ4v) is 3.23. The largest absolute Gasteiger partial charge is 0.486 e. The minimum atomic E-state index is -0.253. The van der Waals surface area contributed by atoms with Gasteiger partial charge in [0.1, 0.15) is 6.61 Å². The second kappa shape index (κ2) is 8.57. The van der Waals surface area contributed by atoms with Gasteiger partial charge < -0.3 is 9.47 Å². The van der Waals surface area contributed by atoms with Crippen molar-refractivity contribution in [2.45, 2.75) is 19.4 Å². The predicted molar refractivity (Wildman–Crippen MR) is 95.3 cm³/mol. The first-order valence-electron chi connectivity index (χ1n) is 6.92. The zero-order valence-corrected chi connectivity index (χ0v) is 15.5. The number of esters is 1. The Morgan fingerprint density at radius 3 is 2.57 bits per heavy atom. The first-order valence-corrected chi connectivity index (χ1v) is 8.47. The molecule has 0 spiro atoms. The number of carbonyl (C=O) groups is 1. The molecule has 0 amide bonds. The molecule has 0 aromatic heterocycles. The van der Waals surface area contributed by atoms with Gasteiger partial charge in [-0.25, -0.2) is 0 Å². The highest BCUT2D eigenvalue weighted by Gasteiger charge is 2.12. The van der Waals surface area contributed by atoms with Gasteiger partial charge >= 0.3 is 5.97 Å². The molecule has 6 heteroatoms. The molecule has 0 saturated heterocycles. The molecular formula is C17H15BrCl2O3. The highest BCUT2D eigenvalue weighted by atomic mass is 79.9. The van der Waals surface area contributed by atoms with Crippen LogP contribution in [0, 0.1) is 0 Å². The first kappa shape index (κ1) is 18.1. The van der Waals surface area contributed by atoms with Crippen molar-refractivity contribution in [3.63, 3.8) is 0 Å². The molecule has 0 saturated carbocycles. The summed E-state index contributed by atoms with van der Waals surface area (Å²) < 4.78 is 11.1. The molecule has 0 fully saturated rings. The molecule has 3 nitrogen and oxygen atoms in total. The first-order chi connectivity index (χ1) is 11.0. The van der Waals surface area contributed by atoms with Crippen LogP contribution in [0.4, 0.5) is 0 Å². The Morgan fingerprint density at radius 2 is 1.91 bits per heavy atom. The number of hydrogen-bond donors (Lipinski definition) is 0. The minimum Gasteiger partial charge on any atom is -0.486 e. The molecule has 0 aliphatic carbocycles. The monoisotopic (exact) mass is 416 g/mol. The normalized spacial score (nSPS) is 10.4. The van der Waals surface area contributed by atoms with E-state index in [0.29, 0.717) is 35.2 Å². The molecule has 2 aromatic carbocycles. The van der Waals surface area contributed by atoms with Gasteiger partial charge in [0.15, 0.2) is 5.75 Å². The molecule has 0 bridgehead atoms. The summed E-state index contributed by atoms with van der Waals surface area (Å²) in [6.45, 7) is 0.319. The van der Waals surface area contributed by atoms with E-state index in [1.165, 1.54) is 7.11 Å². The zero-order valence-electron chi connectivity index (χ0n) is 12.4. The molecule has 0 aliphatic heterocycles. The lowest BCUT2D eigenvalue weighted by molar-refractivity contribution is -0.140. The van der Waals surface area contributed by atoms with Gasteiger partial charge in [-0.2, -0.15) is 0 Å². The second-order valence-corrected chi connectivity index (χ2v) is 6.51. The van der Waals surface area contributed by atoms with Gasteiger partial charge in [-0.05, 0) is 46.1 Å². The number of benzene rings is 2. The Hall–Kier alpha value is -1.23. The quantitative estimate of drug-likeness (QED) is 0.587. The number of aryl methyl sites for hydroxylation is 1. The summed E-state index contributed by atoms with van der Waals surface area (Å²) in [5.74, 6) is 0.296. The van der Waals surface area contributed by atoms with Crippen LogP contribution in [0.5, 0.6) is 5.75 Å². The Labute approximate surface area is 153 Å². The van der Waals surface area contributed by atoms with Crippen LogP contribution in [-0.2, 0) is 22.6 Å². The fraction of sp³-hybridized carbons (Fsp3) is 0.235. The van der Waals surface area contributed by atoms with E-state index in [2.05, 4.69) is 20.7 Å². The van der Waals surface area contributed by atoms with Crippen LogP contribution in [0.2, 0.25) is 10.0 Å². The van der Waals surface area contributed by atoms with Crippen molar-refractivity contribution in [1.82, 2.24) is 0 Å². The van der Waals surface area contributed by atoms with Crippen LogP contribution >= 0.6 is 39.1 Å². The molecule has 0 atom stereocenters. The van der Waals surface area contributed by atoms with E-state index in [1.54, 1.807) is 6.07 Å². The van der Waals surface area contributed by atoms with E-state index in [4.69, 9.17) is 27.9 Å². The molecular weight excluding hydrogens is 403 g/mol. The van der Waals surface area contributed by atoms with Crippen molar-refractivity contribution in [3.8, 4) is 5.75 Å². The lowest BCUT2D eigenvalue weighted by atomic mass is 10.1. The van der Waals surface area contributed by atoms with E-state index in [9.17, 15) is 4.79 Å². The van der Waals surface area contributed by atoms with Crippen LogP contribution in [0.3, 0.4) is 0 Å². The van der Waals surface area contributed by atoms with Gasteiger partial charge in [-0.15, -0.1) is 0 Å². The third-order valence-electron chi connectivity index (χ3n) is 3.23. The number of ether oxygens (including phenoxy) is 2. The Bertz CT molecular complexity index is 681. The number of halogens is 3. The zero-order chi connectivity index (χ0) is 16.8. The van der Waals surface area contributed by atoms with Crippen LogP contribution in [0.1, 0.15) is 17.5 Å². The highest BCUT2D eigenvalue weighted by molar-refractivity contribution is 9.10. The molecule has 122 valence electrons. The Balaban J connectivity index is 2.08. The van der Waals surface area contributed by atoms with Gasteiger partial charge in [0.2, 0.25) is 0 Å². The van der Waals surface area contributed by atoms with Crippen molar-refractivity contribution < 1.29 is 14.3 Å². The maximum atomic E-state index is 11.2. The van der Waals surface area contributed by atoms with Gasteiger partial charge in [-0.1, -0.05) is 41.4 Å². The maximum absolute atomic E-state index is 11.2. The van der Waals surface area contributed by atoms with E-state index in [0.717, 1.165) is 15.6 Å². The van der Waals surface area contributed by atoms with Crippen molar-refractivity contribution in [2.24, 2.45) is 0 Å². The Kier molecular flexibility index (Phi) is 6.75. The van der Waals surface area contributed by atoms with E-state index in [-0.39, 0.29) is 5.97 Å². The van der Waals surface area contributed by atoms with Crippen LogP contribution in [-0.4, -0.2) is 13.1 Å². The molecule has 0 heterocycles. The Morgan fingerprint density at radius 1 is 1.17 bits per heavy atom. The standard InChI is InChI=1S/C17H15BrCl2O3/c1-22-16(21)7-6-11-8-13(18)17(15(20)9-11)23-10-12-4-2-3-5-14(12)19/h2-5,8-9H,6-7,10H2,1H3. The molecule has 0 radical (unpaired) electrons. The number of hydrogen-bond acceptors (Lipinski definition) is 3. The summed E-state index contributed by atoms with van der Waals surface area (Å²) in [7, 11) is 1.37. The smallest absolute Gasteiger partial charge is 0.305 e. The van der Waals surface area contributed by atoms with Gasteiger partial charge in [0.05, 0.1) is 16.6 Å². The SMILES string of the molecule is COC(=O)CCc1cc(Cl)c(OCc2ccccc2Cl)c(Br)c1. The van der Waals surface area contributed by atoms with Crippen molar-refractivity contribution in [2.75, 3.05) is 7.11 Å². The molecule has 2 aromatic rings. The van der Waals surface area contributed by atoms with Crippen molar-refractivity contribution >= 4 is 45.1 Å². The lowest BCUT2D eigenvalue weighted by Gasteiger charge is -2.13. The molecule has 0 aliphatic rings. The predicted octanol–water partition coefficient (Wildman–Crippen LogP) is 5.44. The van der Waals surface area contributed by atoms with E-state index in [1.807, 2.05) is 30.3 Å².